The molecule has 33 heavy (non-hydrogen) atoms. The van der Waals surface area contributed by atoms with Crippen molar-refractivity contribution in [1.29, 1.82) is 5.26 Å². The Morgan fingerprint density at radius 2 is 2.12 bits per heavy atom. The lowest BCUT2D eigenvalue weighted by Crippen LogP contribution is -2.54. The number of nitrogens with zero attached hydrogens (tertiary/aromatic N) is 2. The number of ether oxygens (including phenoxy) is 1. The molecule has 2 fully saturated rings. The Kier molecular flexibility index (Phi) is 5.45. The number of primary amides is 1. The molecule has 1 aromatic carbocycles. The van der Waals surface area contributed by atoms with Crippen molar-refractivity contribution >= 4 is 23.3 Å². The molecule has 11 heteroatoms. The van der Waals surface area contributed by atoms with Gasteiger partial charge in [-0.15, -0.1) is 0 Å². The molecule has 0 saturated carbocycles. The van der Waals surface area contributed by atoms with Crippen LogP contribution in [0.15, 0.2) is 46.8 Å². The SMILES string of the molecule is COC12C(CO)C3=C(C(=O)C(C)=C(Nc4cccc(C#N)c4)C3=O)N1CC1NC12.NC(=O)O. The van der Waals surface area contributed by atoms with Crippen LogP contribution in [0.25, 0.3) is 0 Å². The topological polar surface area (TPSA) is 188 Å². The number of Topliss-reactive ketones (excluding diaryl/α,β-unsaturated/α-hetero) is 2. The first-order valence-corrected chi connectivity index (χ1v) is 10.2. The van der Waals surface area contributed by atoms with E-state index < -0.39 is 17.7 Å². The first-order chi connectivity index (χ1) is 15.7. The summed E-state index contributed by atoms with van der Waals surface area (Å²) in [5.41, 5.74) is 5.24. The minimum atomic E-state index is -1.33. The molecule has 11 nitrogen and oxygen atoms in total. The van der Waals surface area contributed by atoms with Crippen LogP contribution < -0.4 is 16.4 Å². The maximum Gasteiger partial charge on any atom is 0.402 e. The van der Waals surface area contributed by atoms with Crippen LogP contribution in [0.2, 0.25) is 0 Å². The highest BCUT2D eigenvalue weighted by Crippen LogP contribution is 2.55. The molecule has 4 unspecified atom stereocenters. The van der Waals surface area contributed by atoms with Crippen LogP contribution in [0.4, 0.5) is 10.5 Å². The summed E-state index contributed by atoms with van der Waals surface area (Å²) in [6, 6.07) is 8.94. The van der Waals surface area contributed by atoms with Crippen molar-refractivity contribution in [2.45, 2.75) is 24.7 Å². The highest BCUT2D eigenvalue weighted by atomic mass is 16.5. The molecule has 0 aromatic heterocycles. The van der Waals surface area contributed by atoms with Gasteiger partial charge in [-0.05, 0) is 25.1 Å². The lowest BCUT2D eigenvalue weighted by molar-refractivity contribution is -0.137. The smallest absolute Gasteiger partial charge is 0.402 e. The molecule has 6 N–H and O–H groups in total. The van der Waals surface area contributed by atoms with Crippen LogP contribution >= 0.6 is 0 Å². The zero-order chi connectivity index (χ0) is 24.1. The van der Waals surface area contributed by atoms with E-state index in [9.17, 15) is 14.7 Å². The number of nitriles is 1. The summed E-state index contributed by atoms with van der Waals surface area (Å²) in [7, 11) is 1.55. The zero-order valence-electron chi connectivity index (χ0n) is 18.0. The molecule has 1 aromatic rings. The highest BCUT2D eigenvalue weighted by Gasteiger charge is 2.72. The van der Waals surface area contributed by atoms with E-state index in [1.54, 1.807) is 38.3 Å². The Balaban J connectivity index is 0.000000601. The van der Waals surface area contributed by atoms with E-state index in [2.05, 4.69) is 22.4 Å². The van der Waals surface area contributed by atoms with Gasteiger partial charge in [-0.3, -0.25) is 9.59 Å². The number of nitrogens with two attached hydrogens (primary N) is 1. The maximum absolute atomic E-state index is 13.5. The lowest BCUT2D eigenvalue weighted by Gasteiger charge is -2.39. The van der Waals surface area contributed by atoms with Gasteiger partial charge >= 0.3 is 6.09 Å². The number of allylic oxidation sites excluding steroid dienone is 2. The van der Waals surface area contributed by atoms with Crippen molar-refractivity contribution in [1.82, 2.24) is 10.2 Å². The number of carboxylic acid groups (broad SMARTS) is 1. The fourth-order valence-corrected chi connectivity index (χ4v) is 5.11. The molecule has 0 bridgehead atoms. The van der Waals surface area contributed by atoms with E-state index in [0.29, 0.717) is 34.6 Å². The Labute approximate surface area is 189 Å². The molecule has 172 valence electrons. The number of aliphatic hydroxyl groups excluding tert-OH is 1. The molecule has 5 rings (SSSR count). The van der Waals surface area contributed by atoms with Gasteiger partial charge in [-0.25, -0.2) is 4.79 Å². The van der Waals surface area contributed by atoms with Gasteiger partial charge in [0, 0.05) is 36.5 Å². The predicted octanol–water partition coefficient (Wildman–Crippen LogP) is -0.106. The molecular weight excluding hydrogens is 430 g/mol. The third-order valence-electron chi connectivity index (χ3n) is 6.48. The van der Waals surface area contributed by atoms with Gasteiger partial charge in [0.25, 0.3) is 0 Å². The van der Waals surface area contributed by atoms with Crippen LogP contribution in [0.5, 0.6) is 0 Å². The third-order valence-corrected chi connectivity index (χ3v) is 6.48. The van der Waals surface area contributed by atoms with E-state index in [1.807, 2.05) is 4.90 Å². The van der Waals surface area contributed by atoms with Crippen LogP contribution in [0.3, 0.4) is 0 Å². The van der Waals surface area contributed by atoms with Crippen molar-refractivity contribution < 1.29 is 29.3 Å². The van der Waals surface area contributed by atoms with E-state index in [1.165, 1.54) is 0 Å². The second-order valence-corrected chi connectivity index (χ2v) is 8.13. The number of aliphatic hydroxyl groups is 1. The summed E-state index contributed by atoms with van der Waals surface area (Å²) in [5.74, 6) is -1.18. The molecule has 4 atom stereocenters. The van der Waals surface area contributed by atoms with Crippen molar-refractivity contribution in [2.24, 2.45) is 11.7 Å². The van der Waals surface area contributed by atoms with Gasteiger partial charge in [0.05, 0.1) is 41.6 Å². The minimum absolute atomic E-state index is 0.0279. The van der Waals surface area contributed by atoms with Crippen molar-refractivity contribution in [3.63, 3.8) is 0 Å². The maximum atomic E-state index is 13.5. The zero-order valence-corrected chi connectivity index (χ0v) is 18.0. The average Bonchev–Trinajstić information content (AvgIpc) is 3.40. The standard InChI is InChI=1S/C21H20N4O4.CH3NO2/c1-10-16(23-12-5-3-4-11(6-12)7-22)19(28)15-13(9-26)21(29-2)20-14(24-20)8-25(21)17(15)18(10)27;2-1(3)4/h3-6,13-14,20,23-24,26H,8-9H2,1-2H3;2H2,(H,3,4). The minimum Gasteiger partial charge on any atom is -0.465 e. The van der Waals surface area contributed by atoms with Gasteiger partial charge < -0.3 is 36.2 Å². The Hall–Kier alpha value is -3.72. The number of ketones is 2. The largest absolute Gasteiger partial charge is 0.465 e. The number of rotatable bonds is 4. The number of nitrogens with one attached hydrogen (secondary N) is 2. The lowest BCUT2D eigenvalue weighted by atomic mass is 9.82. The summed E-state index contributed by atoms with van der Waals surface area (Å²) in [6.45, 7) is 1.88. The number of benzene rings is 1. The van der Waals surface area contributed by atoms with Crippen LogP contribution in [-0.2, 0) is 14.3 Å². The fraction of sp³-hybridized carbons (Fsp3) is 0.364. The van der Waals surface area contributed by atoms with E-state index in [0.717, 1.165) is 0 Å². The summed E-state index contributed by atoms with van der Waals surface area (Å²) in [4.78, 5) is 37.4. The Bertz CT molecular complexity index is 1160. The molecule has 3 heterocycles. The molecule has 4 aliphatic rings. The molecular formula is C22H23N5O6. The number of anilines is 1. The number of hydrogen-bond acceptors (Lipinski definition) is 9. The van der Waals surface area contributed by atoms with E-state index in [-0.39, 0.29) is 36.0 Å². The molecule has 0 radical (unpaired) electrons. The van der Waals surface area contributed by atoms with Gasteiger partial charge in [-0.2, -0.15) is 5.26 Å². The van der Waals surface area contributed by atoms with Crippen LogP contribution in [-0.4, -0.2) is 70.8 Å². The normalized spacial score (nSPS) is 29.0. The second-order valence-electron chi connectivity index (χ2n) is 8.13. The summed E-state index contributed by atoms with van der Waals surface area (Å²) < 4.78 is 5.87. The monoisotopic (exact) mass is 453 g/mol. The molecule has 0 spiro atoms. The van der Waals surface area contributed by atoms with E-state index >= 15 is 0 Å². The summed E-state index contributed by atoms with van der Waals surface area (Å²) in [6.07, 6.45) is -1.33. The van der Waals surface area contributed by atoms with Gasteiger partial charge in [0.2, 0.25) is 11.6 Å². The molecule has 3 aliphatic heterocycles. The van der Waals surface area contributed by atoms with Crippen molar-refractivity contribution in [3.8, 4) is 6.07 Å². The third kappa shape index (κ3) is 3.27. The summed E-state index contributed by atoms with van der Waals surface area (Å²) in [5, 5.41) is 32.8. The quantitative estimate of drug-likeness (QED) is 0.304. The molecule has 1 amide bonds. The average molecular weight is 453 g/mol. The van der Waals surface area contributed by atoms with Gasteiger partial charge in [0.15, 0.2) is 5.72 Å². The Morgan fingerprint density at radius 1 is 1.42 bits per heavy atom. The summed E-state index contributed by atoms with van der Waals surface area (Å²) >= 11 is 0. The number of piperazine rings is 1. The van der Waals surface area contributed by atoms with Gasteiger partial charge in [0.1, 0.15) is 0 Å². The van der Waals surface area contributed by atoms with Crippen molar-refractivity contribution in [2.75, 3.05) is 25.6 Å². The predicted molar refractivity (Wildman–Crippen MR) is 114 cm³/mol. The number of hydrogen-bond donors (Lipinski definition) is 5. The van der Waals surface area contributed by atoms with Crippen LogP contribution in [0.1, 0.15) is 12.5 Å². The fourth-order valence-electron chi connectivity index (χ4n) is 5.11. The number of carbonyl (C=O) groups is 3. The first-order valence-electron chi connectivity index (χ1n) is 10.2. The number of carbonyl (C=O) groups excluding carboxylic acids is 2. The number of methoxy groups -OCH3 is 1. The highest BCUT2D eigenvalue weighted by molar-refractivity contribution is 6.26. The van der Waals surface area contributed by atoms with Gasteiger partial charge in [-0.1, -0.05) is 6.07 Å². The second kappa shape index (κ2) is 8.00. The number of amides is 1. The van der Waals surface area contributed by atoms with Crippen LogP contribution in [0, 0.1) is 17.2 Å². The number of fused-ring (bicyclic) bond motifs is 4. The van der Waals surface area contributed by atoms with E-state index in [4.69, 9.17) is 19.9 Å². The Morgan fingerprint density at radius 3 is 2.73 bits per heavy atom. The molecule has 1 aliphatic carbocycles. The first kappa shape index (κ1) is 22.5. The molecule has 2 saturated heterocycles. The van der Waals surface area contributed by atoms with Crippen molar-refractivity contribution in [3.05, 3.63) is 52.4 Å².